The maximum atomic E-state index is 14.5. The first-order valence-corrected chi connectivity index (χ1v) is 15.3. The van der Waals surface area contributed by atoms with E-state index in [2.05, 4.69) is 14.9 Å². The van der Waals surface area contributed by atoms with E-state index in [9.17, 15) is 19.1 Å². The average molecular weight is 598 g/mol. The standard InChI is InChI=1S/C22H25FN2O2.C9H17N3O2.C2H6/c1-3-17(26)8-6-4-5-7-9-22-24-14-21(27-22)18-12-16-11-10-15(2)25-20(16)13-19(18)23;1-12-4-2-9(14,3-5-12)6-7(10)8(11)13;1-2/h10-14H,3-9H2,1-2H3;10,14H,2-6H2,1H3,(H2,11,13);1-2H3. The Balaban J connectivity index is 0.000000340. The maximum Gasteiger partial charge on any atom is 0.262 e. The zero-order chi connectivity index (χ0) is 32.0. The van der Waals surface area contributed by atoms with Gasteiger partial charge < -0.3 is 20.2 Å². The van der Waals surface area contributed by atoms with Crippen LogP contribution in [-0.4, -0.2) is 63.1 Å². The molecule has 1 aliphatic heterocycles. The Labute approximate surface area is 254 Å². The van der Waals surface area contributed by atoms with Crippen LogP contribution < -0.4 is 5.73 Å². The molecule has 0 radical (unpaired) electrons. The molecule has 4 N–H and O–H groups in total. The van der Waals surface area contributed by atoms with Crippen LogP contribution in [0.5, 0.6) is 0 Å². The molecule has 236 valence electrons. The van der Waals surface area contributed by atoms with Gasteiger partial charge in [-0.15, -0.1) is 0 Å². The Morgan fingerprint density at radius 1 is 1.14 bits per heavy atom. The van der Waals surface area contributed by atoms with Crippen LogP contribution in [-0.2, 0) is 16.0 Å². The lowest BCUT2D eigenvalue weighted by atomic mass is 9.86. The molecule has 0 saturated carbocycles. The summed E-state index contributed by atoms with van der Waals surface area (Å²) in [6.07, 6.45) is 8.83. The molecular weight excluding hydrogens is 549 g/mol. The van der Waals surface area contributed by atoms with Crippen molar-refractivity contribution >= 4 is 28.3 Å². The highest BCUT2D eigenvalue weighted by molar-refractivity contribution is 6.37. The number of primary amides is 1. The summed E-state index contributed by atoms with van der Waals surface area (Å²) in [6.45, 7) is 9.37. The van der Waals surface area contributed by atoms with E-state index >= 15 is 0 Å². The second kappa shape index (κ2) is 17.6. The number of rotatable bonds is 12. The Morgan fingerprint density at radius 3 is 2.47 bits per heavy atom. The lowest BCUT2D eigenvalue weighted by Gasteiger charge is -2.36. The number of fused-ring (bicyclic) bond motifs is 1. The van der Waals surface area contributed by atoms with Crippen molar-refractivity contribution in [3.05, 3.63) is 47.9 Å². The van der Waals surface area contributed by atoms with Crippen molar-refractivity contribution in [3.8, 4) is 11.3 Å². The van der Waals surface area contributed by atoms with E-state index in [1.807, 2.05) is 46.9 Å². The number of aryl methyl sites for hydroxylation is 2. The molecule has 2 aromatic heterocycles. The molecule has 0 spiro atoms. The van der Waals surface area contributed by atoms with E-state index in [0.717, 1.165) is 56.3 Å². The van der Waals surface area contributed by atoms with Gasteiger partial charge in [0.15, 0.2) is 11.7 Å². The number of unbranched alkanes of at least 4 members (excludes halogenated alkanes) is 3. The Morgan fingerprint density at radius 2 is 1.81 bits per heavy atom. The van der Waals surface area contributed by atoms with Gasteiger partial charge in [-0.05, 0) is 51.8 Å². The van der Waals surface area contributed by atoms with Gasteiger partial charge in [-0.1, -0.05) is 39.7 Å². The molecule has 1 saturated heterocycles. The fraction of sp³-hybridized carbons (Fsp3) is 0.545. The minimum Gasteiger partial charge on any atom is -0.441 e. The number of halogens is 1. The van der Waals surface area contributed by atoms with Crippen molar-refractivity contribution in [1.82, 2.24) is 14.9 Å². The number of likely N-dealkylation sites (tertiary alicyclic amines) is 1. The monoisotopic (exact) mass is 597 g/mol. The molecule has 1 amide bonds. The van der Waals surface area contributed by atoms with Gasteiger partial charge in [-0.3, -0.25) is 20.0 Å². The summed E-state index contributed by atoms with van der Waals surface area (Å²) < 4.78 is 20.2. The van der Waals surface area contributed by atoms with Crippen molar-refractivity contribution < 1.29 is 23.5 Å². The van der Waals surface area contributed by atoms with Crippen molar-refractivity contribution in [2.24, 2.45) is 5.73 Å². The summed E-state index contributed by atoms with van der Waals surface area (Å²) in [5, 5.41) is 18.2. The summed E-state index contributed by atoms with van der Waals surface area (Å²) >= 11 is 0. The van der Waals surface area contributed by atoms with Crippen molar-refractivity contribution in [2.75, 3.05) is 20.1 Å². The Hall–Kier alpha value is -3.50. The number of aromatic nitrogens is 2. The number of ketones is 1. The fourth-order valence-electron chi connectivity index (χ4n) is 4.74. The van der Waals surface area contributed by atoms with Crippen LogP contribution in [0, 0.1) is 18.2 Å². The van der Waals surface area contributed by atoms with Crippen LogP contribution in [0.15, 0.2) is 34.9 Å². The molecule has 0 bridgehead atoms. The molecule has 1 fully saturated rings. The van der Waals surface area contributed by atoms with Crippen LogP contribution in [0.25, 0.3) is 22.2 Å². The summed E-state index contributed by atoms with van der Waals surface area (Å²) in [7, 11) is 1.99. The van der Waals surface area contributed by atoms with Crippen LogP contribution in [0.4, 0.5) is 4.39 Å². The van der Waals surface area contributed by atoms with Gasteiger partial charge in [0, 0.05) is 55.9 Å². The maximum absolute atomic E-state index is 14.5. The number of nitrogens with one attached hydrogen (secondary N) is 1. The number of oxazole rings is 1. The third-order valence-electron chi connectivity index (χ3n) is 7.45. The number of carbonyl (C=O) groups excluding carboxylic acids is 2. The molecule has 43 heavy (non-hydrogen) atoms. The Kier molecular flexibility index (Phi) is 14.6. The molecular formula is C33H48FN5O4. The number of amides is 1. The molecule has 1 aromatic carbocycles. The topological polar surface area (TPSA) is 146 Å². The summed E-state index contributed by atoms with van der Waals surface area (Å²) in [6, 6.07) is 7.04. The fourth-order valence-corrected chi connectivity index (χ4v) is 4.74. The summed E-state index contributed by atoms with van der Waals surface area (Å²) in [4.78, 5) is 32.7. The number of aliphatic hydroxyl groups is 1. The van der Waals surface area contributed by atoms with Gasteiger partial charge in [0.05, 0.1) is 28.6 Å². The number of hydrogen-bond donors (Lipinski definition) is 3. The number of nitrogens with zero attached hydrogens (tertiary/aromatic N) is 3. The normalized spacial score (nSPS) is 14.3. The average Bonchev–Trinajstić information content (AvgIpc) is 3.46. The molecule has 0 atom stereocenters. The lowest BCUT2D eigenvalue weighted by molar-refractivity contribution is -0.118. The molecule has 10 heteroatoms. The van der Waals surface area contributed by atoms with E-state index in [1.165, 1.54) is 6.07 Å². The molecule has 4 rings (SSSR count). The predicted molar refractivity (Wildman–Crippen MR) is 169 cm³/mol. The van der Waals surface area contributed by atoms with Crippen molar-refractivity contribution in [1.29, 1.82) is 5.41 Å². The first-order chi connectivity index (χ1) is 20.5. The first kappa shape index (κ1) is 35.7. The molecule has 9 nitrogen and oxygen atoms in total. The SMILES string of the molecule is CC.CCC(=O)CCCCCCc1ncc(-c2cc3ccc(C)nc3cc2F)o1.CN1CCC(O)(CC(=N)C(N)=O)CC1. The lowest BCUT2D eigenvalue weighted by Crippen LogP contribution is -2.45. The van der Waals surface area contributed by atoms with Gasteiger partial charge in [0.1, 0.15) is 11.6 Å². The number of pyridine rings is 1. The van der Waals surface area contributed by atoms with E-state index in [-0.39, 0.29) is 17.9 Å². The molecule has 3 heterocycles. The number of Topliss-reactive ketones (excluding diaryl/α,β-unsaturated/α-hetero) is 1. The van der Waals surface area contributed by atoms with Gasteiger partial charge in [-0.25, -0.2) is 9.37 Å². The van der Waals surface area contributed by atoms with Gasteiger partial charge in [0.2, 0.25) is 0 Å². The summed E-state index contributed by atoms with van der Waals surface area (Å²) in [5.74, 6) is 0.297. The largest absolute Gasteiger partial charge is 0.441 e. The zero-order valence-corrected chi connectivity index (χ0v) is 26.3. The minimum absolute atomic E-state index is 0.0795. The van der Waals surface area contributed by atoms with Crippen LogP contribution in [0.1, 0.15) is 90.1 Å². The highest BCUT2D eigenvalue weighted by Gasteiger charge is 2.33. The van der Waals surface area contributed by atoms with Crippen molar-refractivity contribution in [2.45, 2.75) is 97.5 Å². The molecule has 1 aliphatic rings. The quantitative estimate of drug-likeness (QED) is 0.167. The molecule has 0 unspecified atom stereocenters. The number of hydrogen-bond acceptors (Lipinski definition) is 8. The second-order valence-corrected chi connectivity index (χ2v) is 10.9. The van der Waals surface area contributed by atoms with Crippen LogP contribution in [0.2, 0.25) is 0 Å². The number of piperidine rings is 1. The molecule has 0 aliphatic carbocycles. The first-order valence-electron chi connectivity index (χ1n) is 15.3. The van der Waals surface area contributed by atoms with Gasteiger partial charge in [-0.2, -0.15) is 0 Å². The third-order valence-corrected chi connectivity index (χ3v) is 7.45. The number of nitrogens with two attached hydrogens (primary N) is 1. The van der Waals surface area contributed by atoms with Crippen LogP contribution >= 0.6 is 0 Å². The van der Waals surface area contributed by atoms with E-state index in [1.54, 1.807) is 12.3 Å². The van der Waals surface area contributed by atoms with E-state index in [4.69, 9.17) is 15.6 Å². The van der Waals surface area contributed by atoms with Gasteiger partial charge in [0.25, 0.3) is 5.91 Å². The van der Waals surface area contributed by atoms with Gasteiger partial charge >= 0.3 is 0 Å². The number of carbonyl (C=O) groups is 2. The zero-order valence-electron chi connectivity index (χ0n) is 26.3. The molecule has 3 aromatic rings. The van der Waals surface area contributed by atoms with E-state index < -0.39 is 11.5 Å². The van der Waals surface area contributed by atoms with Crippen LogP contribution in [0.3, 0.4) is 0 Å². The predicted octanol–water partition coefficient (Wildman–Crippen LogP) is 6.17. The van der Waals surface area contributed by atoms with E-state index in [0.29, 0.717) is 54.2 Å². The minimum atomic E-state index is -0.904. The Bertz CT molecular complexity index is 1350. The highest BCUT2D eigenvalue weighted by atomic mass is 19.1. The summed E-state index contributed by atoms with van der Waals surface area (Å²) in [5.41, 5.74) is 5.77. The highest BCUT2D eigenvalue weighted by Crippen LogP contribution is 2.28. The second-order valence-electron chi connectivity index (χ2n) is 10.9. The van der Waals surface area contributed by atoms with Crippen molar-refractivity contribution in [3.63, 3.8) is 0 Å². The smallest absolute Gasteiger partial charge is 0.262 e. The number of benzene rings is 1. The third kappa shape index (κ3) is 11.6.